The first-order chi connectivity index (χ1) is 14.7. The smallest absolute Gasteiger partial charge is 0.270 e. The molecular weight excluding hydrogens is 443 g/mol. The van der Waals surface area contributed by atoms with Gasteiger partial charge in [0.05, 0.1) is 0 Å². The molecule has 31 heavy (non-hydrogen) atoms. The van der Waals surface area contributed by atoms with Gasteiger partial charge in [-0.2, -0.15) is 0 Å². The molecule has 3 rings (SSSR count). The molecule has 0 atom stereocenters. The minimum absolute atomic E-state index is 0.0494. The molecule has 0 bridgehead atoms. The molecule has 0 saturated carbocycles. The second-order valence-electron chi connectivity index (χ2n) is 6.90. The lowest BCUT2D eigenvalue weighted by Gasteiger charge is -2.08. The van der Waals surface area contributed by atoms with Gasteiger partial charge in [0.1, 0.15) is 18.2 Å². The highest BCUT2D eigenvalue weighted by Crippen LogP contribution is 2.21. The third-order valence-corrected chi connectivity index (χ3v) is 6.71. The number of aromatic nitrogens is 2. The van der Waals surface area contributed by atoms with E-state index in [4.69, 9.17) is 4.74 Å². The molecule has 2 aromatic carbocycles. The summed E-state index contributed by atoms with van der Waals surface area (Å²) in [5, 5.41) is 10.00. The molecule has 8 nitrogen and oxygen atoms in total. The predicted molar refractivity (Wildman–Crippen MR) is 115 cm³/mol. The number of benzene rings is 2. The molecule has 0 aliphatic rings. The van der Waals surface area contributed by atoms with Crippen molar-refractivity contribution in [2.45, 2.75) is 31.3 Å². The third kappa shape index (κ3) is 6.54. The Hall–Kier alpha value is -2.89. The van der Waals surface area contributed by atoms with Crippen molar-refractivity contribution in [3.8, 4) is 5.75 Å². The van der Waals surface area contributed by atoms with Crippen molar-refractivity contribution >= 4 is 32.4 Å². The number of amides is 1. The van der Waals surface area contributed by atoms with E-state index in [-0.39, 0.29) is 33.7 Å². The fourth-order valence-corrected chi connectivity index (χ4v) is 4.27. The van der Waals surface area contributed by atoms with Crippen LogP contribution in [0.1, 0.15) is 25.0 Å². The van der Waals surface area contributed by atoms with Crippen LogP contribution in [-0.2, 0) is 28.0 Å². The number of carbonyl (C=O) groups is 1. The Bertz CT molecular complexity index is 1130. The molecule has 0 radical (unpaired) electrons. The quantitative estimate of drug-likeness (QED) is 0.470. The van der Waals surface area contributed by atoms with Crippen LogP contribution in [-0.4, -0.2) is 24.5 Å². The monoisotopic (exact) mass is 464 g/mol. The van der Waals surface area contributed by atoms with Gasteiger partial charge in [-0.25, -0.2) is 17.5 Å². The molecule has 0 fully saturated rings. The summed E-state index contributed by atoms with van der Waals surface area (Å²) in [6.07, 6.45) is 0. The molecule has 1 aromatic heterocycles. The molecule has 0 unspecified atom stereocenters. The summed E-state index contributed by atoms with van der Waals surface area (Å²) in [4.78, 5) is 11.7. The third-order valence-electron chi connectivity index (χ3n) is 4.10. The molecule has 0 spiro atoms. The zero-order chi connectivity index (χ0) is 22.4. The maximum Gasteiger partial charge on any atom is 0.270 e. The first kappa shape index (κ1) is 22.8. The Morgan fingerprint density at radius 2 is 1.71 bits per heavy atom. The number of hydrogen-bond acceptors (Lipinski definition) is 7. The number of ether oxygens (including phenoxy) is 1. The van der Waals surface area contributed by atoms with Gasteiger partial charge in [0.15, 0.2) is 0 Å². The Labute approximate surface area is 183 Å². The van der Waals surface area contributed by atoms with Crippen LogP contribution in [0, 0.1) is 11.7 Å². The summed E-state index contributed by atoms with van der Waals surface area (Å²) in [6.45, 7) is 3.77. The fraction of sp³-hybridized carbons (Fsp3) is 0.250. The van der Waals surface area contributed by atoms with E-state index in [0.29, 0.717) is 12.4 Å². The van der Waals surface area contributed by atoms with E-state index in [1.807, 2.05) is 0 Å². The van der Waals surface area contributed by atoms with Crippen LogP contribution >= 0.6 is 11.3 Å². The van der Waals surface area contributed by atoms with E-state index < -0.39 is 10.0 Å². The average molecular weight is 465 g/mol. The summed E-state index contributed by atoms with van der Waals surface area (Å²) >= 11 is 0.780. The first-order valence-electron chi connectivity index (χ1n) is 9.33. The number of nitrogens with one attached hydrogen (secondary N) is 2. The van der Waals surface area contributed by atoms with E-state index in [1.165, 1.54) is 12.1 Å². The lowest BCUT2D eigenvalue weighted by atomic mass is 10.2. The van der Waals surface area contributed by atoms with Crippen LogP contribution in [0.25, 0.3) is 0 Å². The molecule has 0 aliphatic heterocycles. The van der Waals surface area contributed by atoms with Crippen LogP contribution in [0.4, 0.5) is 9.52 Å². The second kappa shape index (κ2) is 9.94. The van der Waals surface area contributed by atoms with Gasteiger partial charge in [-0.3, -0.25) is 4.79 Å². The summed E-state index contributed by atoms with van der Waals surface area (Å²) in [5.41, 5.74) is 1.55. The van der Waals surface area contributed by atoms with Crippen molar-refractivity contribution in [2.75, 3.05) is 5.32 Å². The van der Waals surface area contributed by atoms with Crippen molar-refractivity contribution in [3.05, 3.63) is 65.5 Å². The van der Waals surface area contributed by atoms with Crippen molar-refractivity contribution < 1.29 is 22.3 Å². The van der Waals surface area contributed by atoms with E-state index in [1.54, 1.807) is 50.2 Å². The van der Waals surface area contributed by atoms with Gasteiger partial charge in [-0.1, -0.05) is 49.4 Å². The van der Waals surface area contributed by atoms with Gasteiger partial charge in [-0.15, -0.1) is 10.2 Å². The highest BCUT2D eigenvalue weighted by Gasteiger charge is 2.21. The number of hydrogen-bond donors (Lipinski definition) is 2. The van der Waals surface area contributed by atoms with Crippen molar-refractivity contribution in [2.24, 2.45) is 5.92 Å². The molecular formula is C20H21FN4O4S2. The number of carbonyl (C=O) groups excluding carboxylic acids is 1. The first-order valence-corrected chi connectivity index (χ1v) is 11.6. The largest absolute Gasteiger partial charge is 0.489 e. The van der Waals surface area contributed by atoms with Crippen molar-refractivity contribution in [1.82, 2.24) is 14.9 Å². The van der Waals surface area contributed by atoms with Gasteiger partial charge >= 0.3 is 0 Å². The van der Waals surface area contributed by atoms with E-state index in [0.717, 1.165) is 22.5 Å². The Morgan fingerprint density at radius 1 is 1.06 bits per heavy atom. The number of rotatable bonds is 9. The molecule has 0 aliphatic carbocycles. The maximum absolute atomic E-state index is 12.9. The lowest BCUT2D eigenvalue weighted by Crippen LogP contribution is -2.23. The van der Waals surface area contributed by atoms with Crippen LogP contribution in [0.5, 0.6) is 5.75 Å². The van der Waals surface area contributed by atoms with E-state index in [2.05, 4.69) is 20.2 Å². The summed E-state index contributed by atoms with van der Waals surface area (Å²) < 4.78 is 45.6. The lowest BCUT2D eigenvalue weighted by molar-refractivity contribution is -0.118. The van der Waals surface area contributed by atoms with E-state index >= 15 is 0 Å². The zero-order valence-electron chi connectivity index (χ0n) is 16.8. The SMILES string of the molecule is CC(C)C(=O)Nc1nnc(S(=O)(=O)NCc2ccc(OCc3ccc(F)cc3)cc2)s1. The highest BCUT2D eigenvalue weighted by atomic mass is 32.2. The van der Waals surface area contributed by atoms with Crippen LogP contribution in [0.3, 0.4) is 0 Å². The van der Waals surface area contributed by atoms with Gasteiger partial charge in [-0.05, 0) is 35.4 Å². The molecule has 3 aromatic rings. The molecule has 1 amide bonds. The number of halogens is 1. The van der Waals surface area contributed by atoms with Crippen LogP contribution in [0.2, 0.25) is 0 Å². The molecule has 1 heterocycles. The number of anilines is 1. The van der Waals surface area contributed by atoms with Gasteiger partial charge in [0, 0.05) is 12.5 Å². The fourth-order valence-electron chi connectivity index (χ4n) is 2.31. The Morgan fingerprint density at radius 3 is 2.35 bits per heavy atom. The maximum atomic E-state index is 12.9. The zero-order valence-corrected chi connectivity index (χ0v) is 18.5. The normalized spacial score (nSPS) is 11.5. The number of nitrogens with zero attached hydrogens (tertiary/aromatic N) is 2. The van der Waals surface area contributed by atoms with Gasteiger partial charge in [0.25, 0.3) is 10.0 Å². The Balaban J connectivity index is 1.53. The second-order valence-corrected chi connectivity index (χ2v) is 9.82. The van der Waals surface area contributed by atoms with Crippen molar-refractivity contribution in [1.29, 1.82) is 0 Å². The minimum Gasteiger partial charge on any atom is -0.489 e. The summed E-state index contributed by atoms with van der Waals surface area (Å²) in [7, 11) is -3.87. The summed E-state index contributed by atoms with van der Waals surface area (Å²) in [6, 6.07) is 12.9. The molecule has 164 valence electrons. The standard InChI is InChI=1S/C20H21FN4O4S2/c1-13(2)18(26)23-19-24-25-20(30-19)31(27,28)22-11-14-5-9-17(10-6-14)29-12-15-3-7-16(21)8-4-15/h3-10,13,22H,11-12H2,1-2H3,(H,23,24,26). The predicted octanol–water partition coefficient (Wildman–Crippen LogP) is 3.33. The van der Waals surface area contributed by atoms with Gasteiger partial charge < -0.3 is 10.1 Å². The highest BCUT2D eigenvalue weighted by molar-refractivity contribution is 7.91. The van der Waals surface area contributed by atoms with Gasteiger partial charge in [0.2, 0.25) is 15.4 Å². The summed E-state index contributed by atoms with van der Waals surface area (Å²) in [5.74, 6) is -0.231. The molecule has 11 heteroatoms. The van der Waals surface area contributed by atoms with Crippen LogP contribution < -0.4 is 14.8 Å². The number of sulfonamides is 1. The van der Waals surface area contributed by atoms with Crippen LogP contribution in [0.15, 0.2) is 52.9 Å². The average Bonchev–Trinajstić information content (AvgIpc) is 3.22. The van der Waals surface area contributed by atoms with E-state index in [9.17, 15) is 17.6 Å². The molecule has 0 saturated heterocycles. The molecule has 2 N–H and O–H groups in total. The topological polar surface area (TPSA) is 110 Å². The Kier molecular flexibility index (Phi) is 7.31. The minimum atomic E-state index is -3.87. The van der Waals surface area contributed by atoms with Crippen molar-refractivity contribution in [3.63, 3.8) is 0 Å².